The van der Waals surface area contributed by atoms with Crippen LogP contribution in [0.1, 0.15) is 15.5 Å². The third-order valence-electron chi connectivity index (χ3n) is 2.06. The normalized spacial score (nSPS) is 10.2. The monoisotopic (exact) mass is 267 g/mol. The lowest BCUT2D eigenvalue weighted by Crippen LogP contribution is -2.12. The molecule has 0 unspecified atom stereocenters. The number of carbonyl (C=O) groups is 1. The molecular weight excluding hydrogens is 258 g/mol. The van der Waals surface area contributed by atoms with Crippen LogP contribution in [0.4, 0.5) is 5.69 Å². The zero-order chi connectivity index (χ0) is 12.3. The highest BCUT2D eigenvalue weighted by molar-refractivity contribution is 7.09. The van der Waals surface area contributed by atoms with Gasteiger partial charge in [-0.1, -0.05) is 11.6 Å². The van der Waals surface area contributed by atoms with E-state index in [9.17, 15) is 4.79 Å². The Morgan fingerprint density at radius 2 is 2.12 bits per heavy atom. The minimum Gasteiger partial charge on any atom is -0.325 e. The molecule has 3 N–H and O–H groups in total. The number of rotatable bonds is 3. The number of anilines is 1. The van der Waals surface area contributed by atoms with Crippen LogP contribution in [0.5, 0.6) is 0 Å². The predicted molar refractivity (Wildman–Crippen MR) is 69.4 cm³/mol. The number of halogens is 1. The summed E-state index contributed by atoms with van der Waals surface area (Å²) in [4.78, 5) is 15.9. The summed E-state index contributed by atoms with van der Waals surface area (Å²) >= 11 is 7.12. The van der Waals surface area contributed by atoms with E-state index in [1.807, 2.05) is 0 Å². The largest absolute Gasteiger partial charge is 0.325 e. The van der Waals surface area contributed by atoms with E-state index >= 15 is 0 Å². The van der Waals surface area contributed by atoms with Crippen molar-refractivity contribution in [1.29, 1.82) is 0 Å². The standard InChI is InChI=1S/C11H10ClN3OS/c12-7-1-3-8(4-2-7)14-11(16)9-6-17-10(5-13)15-9/h1-4,6H,5,13H2,(H,14,16). The van der Waals surface area contributed by atoms with Gasteiger partial charge in [-0.3, -0.25) is 4.79 Å². The highest BCUT2D eigenvalue weighted by Gasteiger charge is 2.10. The highest BCUT2D eigenvalue weighted by atomic mass is 35.5. The van der Waals surface area contributed by atoms with Gasteiger partial charge in [-0.05, 0) is 24.3 Å². The molecule has 0 saturated carbocycles. The maximum atomic E-state index is 11.8. The fourth-order valence-electron chi connectivity index (χ4n) is 1.24. The van der Waals surface area contributed by atoms with Gasteiger partial charge in [-0.2, -0.15) is 0 Å². The maximum Gasteiger partial charge on any atom is 0.275 e. The Bertz CT molecular complexity index is 524. The number of benzene rings is 1. The fraction of sp³-hybridized carbons (Fsp3) is 0.0909. The number of carbonyl (C=O) groups excluding carboxylic acids is 1. The molecule has 2 aromatic rings. The molecule has 6 heteroatoms. The molecule has 88 valence electrons. The van der Waals surface area contributed by atoms with Gasteiger partial charge in [0.2, 0.25) is 0 Å². The van der Waals surface area contributed by atoms with Crippen molar-refractivity contribution in [3.63, 3.8) is 0 Å². The molecule has 0 bridgehead atoms. The van der Waals surface area contributed by atoms with Gasteiger partial charge in [-0.25, -0.2) is 4.98 Å². The first kappa shape index (κ1) is 12.0. The zero-order valence-electron chi connectivity index (χ0n) is 8.81. The van der Waals surface area contributed by atoms with Gasteiger partial charge in [0.15, 0.2) is 0 Å². The van der Waals surface area contributed by atoms with E-state index in [1.165, 1.54) is 11.3 Å². The number of hydrogen-bond acceptors (Lipinski definition) is 4. The molecule has 0 aliphatic carbocycles. The number of hydrogen-bond donors (Lipinski definition) is 2. The Balaban J connectivity index is 2.08. The first-order valence-corrected chi connectivity index (χ1v) is 6.16. The molecule has 17 heavy (non-hydrogen) atoms. The van der Waals surface area contributed by atoms with Crippen molar-refractivity contribution in [3.05, 3.63) is 45.4 Å². The smallest absolute Gasteiger partial charge is 0.275 e. The summed E-state index contributed by atoms with van der Waals surface area (Å²) in [7, 11) is 0. The van der Waals surface area contributed by atoms with Gasteiger partial charge < -0.3 is 11.1 Å². The highest BCUT2D eigenvalue weighted by Crippen LogP contribution is 2.15. The third kappa shape index (κ3) is 3.03. The number of amides is 1. The van der Waals surface area contributed by atoms with Crippen molar-refractivity contribution >= 4 is 34.5 Å². The van der Waals surface area contributed by atoms with Crippen molar-refractivity contribution < 1.29 is 4.79 Å². The molecule has 1 amide bonds. The van der Waals surface area contributed by atoms with E-state index in [0.29, 0.717) is 22.9 Å². The first-order chi connectivity index (χ1) is 8.19. The number of thiazole rings is 1. The van der Waals surface area contributed by atoms with Crippen LogP contribution in [0, 0.1) is 0 Å². The summed E-state index contributed by atoms with van der Waals surface area (Å²) in [6, 6.07) is 6.89. The lowest BCUT2D eigenvalue weighted by Gasteiger charge is -2.02. The van der Waals surface area contributed by atoms with E-state index in [-0.39, 0.29) is 5.91 Å². The van der Waals surface area contributed by atoms with Crippen LogP contribution in [0.2, 0.25) is 5.02 Å². The van der Waals surface area contributed by atoms with E-state index in [4.69, 9.17) is 17.3 Å². The predicted octanol–water partition coefficient (Wildman–Crippen LogP) is 2.51. The van der Waals surface area contributed by atoms with Crippen LogP contribution in [0.15, 0.2) is 29.6 Å². The van der Waals surface area contributed by atoms with Crippen molar-refractivity contribution in [2.75, 3.05) is 5.32 Å². The van der Waals surface area contributed by atoms with Crippen molar-refractivity contribution in [3.8, 4) is 0 Å². The van der Waals surface area contributed by atoms with Gasteiger partial charge in [0.05, 0.1) is 0 Å². The molecule has 2 rings (SSSR count). The van der Waals surface area contributed by atoms with Gasteiger partial charge in [0.1, 0.15) is 10.7 Å². The van der Waals surface area contributed by atoms with E-state index in [1.54, 1.807) is 29.6 Å². The van der Waals surface area contributed by atoms with Gasteiger partial charge in [-0.15, -0.1) is 11.3 Å². The molecule has 0 aliphatic heterocycles. The van der Waals surface area contributed by atoms with Gasteiger partial charge >= 0.3 is 0 Å². The maximum absolute atomic E-state index is 11.8. The molecule has 0 atom stereocenters. The summed E-state index contributed by atoms with van der Waals surface area (Å²) in [6.45, 7) is 0.346. The summed E-state index contributed by atoms with van der Waals surface area (Å²) < 4.78 is 0. The Labute approximate surface area is 107 Å². The quantitative estimate of drug-likeness (QED) is 0.898. The van der Waals surface area contributed by atoms with Crippen LogP contribution >= 0.6 is 22.9 Å². The van der Waals surface area contributed by atoms with Crippen LogP contribution in [-0.4, -0.2) is 10.9 Å². The molecule has 0 aliphatic rings. The summed E-state index contributed by atoms with van der Waals surface area (Å²) in [5, 5.41) is 5.79. The number of nitrogens with zero attached hydrogens (tertiary/aromatic N) is 1. The minimum atomic E-state index is -0.247. The second-order valence-electron chi connectivity index (χ2n) is 3.29. The van der Waals surface area contributed by atoms with Gasteiger partial charge in [0, 0.05) is 22.6 Å². The van der Waals surface area contributed by atoms with Crippen LogP contribution in [-0.2, 0) is 6.54 Å². The molecule has 1 heterocycles. The zero-order valence-corrected chi connectivity index (χ0v) is 10.4. The molecule has 1 aromatic carbocycles. The Hall–Kier alpha value is -1.43. The molecule has 0 fully saturated rings. The van der Waals surface area contributed by atoms with E-state index in [0.717, 1.165) is 5.01 Å². The number of nitrogens with two attached hydrogens (primary N) is 1. The Morgan fingerprint density at radius 1 is 1.41 bits per heavy atom. The summed E-state index contributed by atoms with van der Waals surface area (Å²) in [5.74, 6) is -0.247. The second kappa shape index (κ2) is 5.27. The van der Waals surface area contributed by atoms with Crippen molar-refractivity contribution in [2.45, 2.75) is 6.54 Å². The second-order valence-corrected chi connectivity index (χ2v) is 4.67. The number of nitrogens with one attached hydrogen (secondary N) is 1. The molecule has 4 nitrogen and oxygen atoms in total. The van der Waals surface area contributed by atoms with Crippen LogP contribution in [0.25, 0.3) is 0 Å². The average Bonchev–Trinajstić information content (AvgIpc) is 2.81. The van der Waals surface area contributed by atoms with Crippen molar-refractivity contribution in [1.82, 2.24) is 4.98 Å². The Kier molecular flexibility index (Phi) is 3.73. The van der Waals surface area contributed by atoms with Crippen LogP contribution in [0.3, 0.4) is 0 Å². The van der Waals surface area contributed by atoms with Crippen molar-refractivity contribution in [2.24, 2.45) is 5.73 Å². The molecule has 0 saturated heterocycles. The fourth-order valence-corrected chi connectivity index (χ4v) is 2.02. The van der Waals surface area contributed by atoms with Crippen LogP contribution < -0.4 is 11.1 Å². The topological polar surface area (TPSA) is 68.0 Å². The molecule has 1 aromatic heterocycles. The summed E-state index contributed by atoms with van der Waals surface area (Å²) in [5.41, 5.74) is 6.50. The van der Waals surface area contributed by atoms with Gasteiger partial charge in [0.25, 0.3) is 5.91 Å². The van der Waals surface area contributed by atoms with E-state index in [2.05, 4.69) is 10.3 Å². The molecule has 0 spiro atoms. The third-order valence-corrected chi connectivity index (χ3v) is 3.18. The van der Waals surface area contributed by atoms with E-state index < -0.39 is 0 Å². The molecule has 0 radical (unpaired) electrons. The molecular formula is C11H10ClN3OS. The SMILES string of the molecule is NCc1nc(C(=O)Nc2ccc(Cl)cc2)cs1. The first-order valence-electron chi connectivity index (χ1n) is 4.90. The lowest BCUT2D eigenvalue weighted by atomic mass is 10.3. The minimum absolute atomic E-state index is 0.247. The summed E-state index contributed by atoms with van der Waals surface area (Å²) in [6.07, 6.45) is 0. The Morgan fingerprint density at radius 3 is 2.71 bits per heavy atom. The average molecular weight is 268 g/mol. The lowest BCUT2D eigenvalue weighted by molar-refractivity contribution is 0.102. The number of aromatic nitrogens is 1.